The summed E-state index contributed by atoms with van der Waals surface area (Å²) in [6, 6.07) is 8.71. The van der Waals surface area contributed by atoms with E-state index in [4.69, 9.17) is 9.47 Å². The topological polar surface area (TPSA) is 18.5 Å². The van der Waals surface area contributed by atoms with Crippen molar-refractivity contribution in [3.05, 3.63) is 64.5 Å². The number of hydrogen-bond acceptors (Lipinski definition) is 2. The number of halogens is 3. The van der Waals surface area contributed by atoms with E-state index in [0.717, 1.165) is 62.8 Å². The summed E-state index contributed by atoms with van der Waals surface area (Å²) in [6.45, 7) is 4.56. The summed E-state index contributed by atoms with van der Waals surface area (Å²) in [6.07, 6.45) is 9.95. The van der Waals surface area contributed by atoms with Crippen LogP contribution >= 0.6 is 0 Å². The second kappa shape index (κ2) is 12.3. The average Bonchev–Trinajstić information content (AvgIpc) is 2.87. The Morgan fingerprint density at radius 2 is 1.51 bits per heavy atom. The predicted molar refractivity (Wildman–Crippen MR) is 133 cm³/mol. The van der Waals surface area contributed by atoms with Crippen LogP contribution in [0, 0.1) is 23.4 Å². The van der Waals surface area contributed by atoms with Crippen LogP contribution in [0.25, 0.3) is 0 Å². The Bertz CT molecular complexity index is 960. The molecule has 2 fully saturated rings. The molecule has 2 aliphatic rings. The van der Waals surface area contributed by atoms with Crippen LogP contribution in [0.5, 0.6) is 5.75 Å². The van der Waals surface area contributed by atoms with Crippen LogP contribution in [0.2, 0.25) is 0 Å². The van der Waals surface area contributed by atoms with E-state index in [1.54, 1.807) is 24.3 Å². The lowest BCUT2D eigenvalue weighted by Crippen LogP contribution is -2.21. The van der Waals surface area contributed by atoms with Crippen molar-refractivity contribution < 1.29 is 22.6 Å². The maximum atomic E-state index is 14.9. The van der Waals surface area contributed by atoms with E-state index in [0.29, 0.717) is 17.7 Å². The fourth-order valence-electron chi connectivity index (χ4n) is 6.02. The highest BCUT2D eigenvalue weighted by atomic mass is 19.2. The van der Waals surface area contributed by atoms with Crippen LogP contribution in [-0.4, -0.2) is 12.7 Å². The second-order valence-electron chi connectivity index (χ2n) is 10.4. The van der Waals surface area contributed by atoms with Gasteiger partial charge < -0.3 is 9.47 Å². The molecule has 2 nitrogen and oxygen atoms in total. The number of benzene rings is 2. The molecule has 5 heteroatoms. The van der Waals surface area contributed by atoms with Gasteiger partial charge in [-0.3, -0.25) is 0 Å². The quantitative estimate of drug-likeness (QED) is 0.351. The summed E-state index contributed by atoms with van der Waals surface area (Å²) in [5, 5.41) is 0. The number of ether oxygens (including phenoxy) is 2. The lowest BCUT2D eigenvalue weighted by atomic mass is 9.77. The van der Waals surface area contributed by atoms with Gasteiger partial charge in [0.25, 0.3) is 0 Å². The molecular formula is C30H39F3O2. The first kappa shape index (κ1) is 26.1. The van der Waals surface area contributed by atoms with E-state index in [-0.39, 0.29) is 36.1 Å². The summed E-state index contributed by atoms with van der Waals surface area (Å²) in [5.74, 6) is -0.338. The second-order valence-corrected chi connectivity index (χ2v) is 10.4. The fourth-order valence-corrected chi connectivity index (χ4v) is 6.02. The summed E-state index contributed by atoms with van der Waals surface area (Å²) in [4.78, 5) is 0. The molecule has 2 aliphatic carbocycles. The molecule has 0 heterocycles. The van der Waals surface area contributed by atoms with Crippen molar-refractivity contribution in [3.8, 4) is 5.75 Å². The zero-order chi connectivity index (χ0) is 24.8. The van der Waals surface area contributed by atoms with Crippen molar-refractivity contribution in [1.29, 1.82) is 0 Å². The lowest BCUT2D eigenvalue weighted by Gasteiger charge is -2.30. The molecule has 2 aromatic rings. The first-order chi connectivity index (χ1) is 17.0. The predicted octanol–water partition coefficient (Wildman–Crippen LogP) is 8.82. The van der Waals surface area contributed by atoms with Gasteiger partial charge in [-0.2, -0.15) is 0 Å². The Labute approximate surface area is 208 Å². The largest absolute Gasteiger partial charge is 0.491 e. The van der Waals surface area contributed by atoms with Crippen molar-refractivity contribution in [2.75, 3.05) is 6.61 Å². The molecule has 0 amide bonds. The Balaban J connectivity index is 1.28. The number of rotatable bonds is 9. The zero-order valence-electron chi connectivity index (χ0n) is 21.1. The molecule has 192 valence electrons. The van der Waals surface area contributed by atoms with Gasteiger partial charge in [-0.05, 0) is 99.3 Å². The van der Waals surface area contributed by atoms with Gasteiger partial charge in [-0.1, -0.05) is 38.0 Å². The van der Waals surface area contributed by atoms with Gasteiger partial charge in [-0.15, -0.1) is 0 Å². The summed E-state index contributed by atoms with van der Waals surface area (Å²) >= 11 is 0. The highest BCUT2D eigenvalue weighted by molar-refractivity contribution is 5.32. The van der Waals surface area contributed by atoms with E-state index >= 15 is 0 Å². The Morgan fingerprint density at radius 3 is 2.17 bits per heavy atom. The van der Waals surface area contributed by atoms with Crippen LogP contribution in [0.1, 0.15) is 107 Å². The summed E-state index contributed by atoms with van der Waals surface area (Å²) < 4.78 is 55.3. The van der Waals surface area contributed by atoms with Crippen molar-refractivity contribution in [3.63, 3.8) is 0 Å². The fraction of sp³-hybridized carbons (Fsp3) is 0.600. The molecule has 0 saturated heterocycles. The minimum atomic E-state index is -0.753. The van der Waals surface area contributed by atoms with Gasteiger partial charge in [0.15, 0.2) is 23.2 Å². The van der Waals surface area contributed by atoms with Crippen LogP contribution in [0.4, 0.5) is 13.2 Å². The smallest absolute Gasteiger partial charge is 0.165 e. The first-order valence-electron chi connectivity index (χ1n) is 13.5. The van der Waals surface area contributed by atoms with Crippen LogP contribution < -0.4 is 4.74 Å². The zero-order valence-corrected chi connectivity index (χ0v) is 21.1. The molecule has 2 aromatic carbocycles. The molecule has 0 unspecified atom stereocenters. The average molecular weight is 489 g/mol. The third kappa shape index (κ3) is 6.41. The summed E-state index contributed by atoms with van der Waals surface area (Å²) in [5.41, 5.74) is 1.81. The van der Waals surface area contributed by atoms with Crippen LogP contribution in [-0.2, 0) is 11.3 Å². The van der Waals surface area contributed by atoms with Gasteiger partial charge in [0.05, 0.1) is 19.3 Å². The lowest BCUT2D eigenvalue weighted by molar-refractivity contribution is 0.0118. The van der Waals surface area contributed by atoms with E-state index in [2.05, 4.69) is 6.92 Å². The Morgan fingerprint density at radius 1 is 0.800 bits per heavy atom. The molecule has 0 aliphatic heterocycles. The number of hydrogen-bond donors (Lipinski definition) is 0. The van der Waals surface area contributed by atoms with Gasteiger partial charge in [0.1, 0.15) is 0 Å². The van der Waals surface area contributed by atoms with Crippen molar-refractivity contribution >= 4 is 0 Å². The molecule has 35 heavy (non-hydrogen) atoms. The molecule has 0 N–H and O–H groups in total. The molecular weight excluding hydrogens is 449 g/mol. The van der Waals surface area contributed by atoms with E-state index in [1.165, 1.54) is 12.8 Å². The molecule has 4 rings (SSSR count). The van der Waals surface area contributed by atoms with Crippen molar-refractivity contribution in [1.82, 2.24) is 0 Å². The molecule has 0 radical (unpaired) electrons. The van der Waals surface area contributed by atoms with Crippen LogP contribution in [0.3, 0.4) is 0 Å². The SMILES string of the molecule is CCCC1CCC(c2ccc(COC3CCC(c4ccc(OCC)c(F)c4)CC3)c(F)c2F)CC1. The minimum absolute atomic E-state index is 0.00905. The normalized spacial score (nSPS) is 24.9. The maximum absolute atomic E-state index is 14.9. The molecule has 0 spiro atoms. The van der Waals surface area contributed by atoms with Crippen LogP contribution in [0.15, 0.2) is 30.3 Å². The van der Waals surface area contributed by atoms with Crippen molar-refractivity contribution in [2.45, 2.75) is 103 Å². The first-order valence-corrected chi connectivity index (χ1v) is 13.5. The van der Waals surface area contributed by atoms with E-state index in [1.807, 2.05) is 13.0 Å². The van der Waals surface area contributed by atoms with Gasteiger partial charge in [0, 0.05) is 5.56 Å². The summed E-state index contributed by atoms with van der Waals surface area (Å²) in [7, 11) is 0. The Hall–Kier alpha value is -2.01. The van der Waals surface area contributed by atoms with E-state index in [9.17, 15) is 13.2 Å². The Kier molecular flexibility index (Phi) is 9.16. The third-order valence-corrected chi connectivity index (χ3v) is 8.05. The maximum Gasteiger partial charge on any atom is 0.165 e. The molecule has 0 atom stereocenters. The molecule has 0 bridgehead atoms. The molecule has 0 aromatic heterocycles. The van der Waals surface area contributed by atoms with Crippen molar-refractivity contribution in [2.24, 2.45) is 5.92 Å². The van der Waals surface area contributed by atoms with E-state index < -0.39 is 11.6 Å². The highest BCUT2D eigenvalue weighted by Gasteiger charge is 2.27. The minimum Gasteiger partial charge on any atom is -0.491 e. The molecule has 2 saturated carbocycles. The van der Waals surface area contributed by atoms with Gasteiger partial charge in [0.2, 0.25) is 0 Å². The standard InChI is InChI=1S/C30H39F3O2/c1-3-5-20-6-8-22(9-7-20)26-16-12-24(29(32)30(26)33)19-35-25-14-10-21(11-15-25)23-13-17-28(34-4-2)27(31)18-23/h12-13,16-18,20-22,25H,3-11,14-15,19H2,1-2H3. The highest BCUT2D eigenvalue weighted by Crippen LogP contribution is 2.40. The third-order valence-electron chi connectivity index (χ3n) is 8.05. The van der Waals surface area contributed by atoms with Gasteiger partial charge >= 0.3 is 0 Å². The monoisotopic (exact) mass is 488 g/mol. The van der Waals surface area contributed by atoms with Gasteiger partial charge in [-0.25, -0.2) is 13.2 Å².